The molecule has 9 heteroatoms. The predicted molar refractivity (Wildman–Crippen MR) is 122 cm³/mol. The van der Waals surface area contributed by atoms with Crippen LogP contribution in [0.15, 0.2) is 52.2 Å². The molecule has 1 aliphatic rings. The monoisotopic (exact) mass is 450 g/mol. The number of thioether (sulfide) groups is 1. The first-order valence-electron chi connectivity index (χ1n) is 10.8. The molecule has 8 nitrogen and oxygen atoms in total. The summed E-state index contributed by atoms with van der Waals surface area (Å²) in [7, 11) is 0. The Bertz CT molecular complexity index is 1070. The van der Waals surface area contributed by atoms with Crippen molar-refractivity contribution in [2.75, 3.05) is 31.9 Å². The third kappa shape index (κ3) is 5.21. The molecule has 0 bridgehead atoms. The molecule has 1 aromatic carbocycles. The first-order valence-corrected chi connectivity index (χ1v) is 11.8. The molecule has 1 aliphatic heterocycles. The van der Waals surface area contributed by atoms with Crippen LogP contribution in [-0.4, -0.2) is 62.4 Å². The highest BCUT2D eigenvalue weighted by Gasteiger charge is 2.21. The van der Waals surface area contributed by atoms with Gasteiger partial charge in [0.1, 0.15) is 0 Å². The van der Waals surface area contributed by atoms with E-state index in [9.17, 15) is 4.79 Å². The Labute approximate surface area is 191 Å². The van der Waals surface area contributed by atoms with Crippen LogP contribution in [0.1, 0.15) is 24.5 Å². The highest BCUT2D eigenvalue weighted by atomic mass is 32.2. The van der Waals surface area contributed by atoms with Gasteiger partial charge in [0.15, 0.2) is 16.7 Å². The Balaban J connectivity index is 1.30. The molecule has 2 aromatic heterocycles. The lowest BCUT2D eigenvalue weighted by Crippen LogP contribution is -2.36. The largest absolute Gasteiger partial charge is 0.461 e. The molecule has 0 saturated carbocycles. The maximum atomic E-state index is 12.9. The van der Waals surface area contributed by atoms with Crippen LogP contribution in [0.25, 0.3) is 11.6 Å². The summed E-state index contributed by atoms with van der Waals surface area (Å²) in [6, 6.07) is 13.5. The number of benzene rings is 1. The number of carbonyl (C=O) groups is 1. The third-order valence-corrected chi connectivity index (χ3v) is 6.48. The molecule has 0 radical (unpaired) electrons. The summed E-state index contributed by atoms with van der Waals surface area (Å²) >= 11 is 1.42. The van der Waals surface area contributed by atoms with Crippen molar-refractivity contribution in [2.24, 2.45) is 0 Å². The minimum atomic E-state index is 0.125. The van der Waals surface area contributed by atoms with Crippen LogP contribution in [0.4, 0.5) is 0 Å². The number of carbonyl (C=O) groups excluding carboxylic acids is 1. The zero-order chi connectivity index (χ0) is 22.3. The van der Waals surface area contributed by atoms with E-state index in [0.717, 1.165) is 37.8 Å². The average Bonchev–Trinajstić information content (AvgIpc) is 3.43. The zero-order valence-corrected chi connectivity index (χ0v) is 18.9. The summed E-state index contributed by atoms with van der Waals surface area (Å²) < 4.78 is 7.42. The van der Waals surface area contributed by atoms with Gasteiger partial charge in [-0.2, -0.15) is 5.26 Å². The molecule has 1 amide bonds. The van der Waals surface area contributed by atoms with E-state index < -0.39 is 0 Å². The molecule has 0 N–H and O–H groups in total. The minimum absolute atomic E-state index is 0.125. The van der Waals surface area contributed by atoms with Crippen molar-refractivity contribution in [3.63, 3.8) is 0 Å². The number of aromatic nitrogens is 3. The molecule has 0 aliphatic carbocycles. The third-order valence-electron chi connectivity index (χ3n) is 5.53. The van der Waals surface area contributed by atoms with Gasteiger partial charge in [-0.15, -0.1) is 10.2 Å². The number of hydrogen-bond acceptors (Lipinski definition) is 7. The molecule has 3 aromatic rings. The van der Waals surface area contributed by atoms with Crippen molar-refractivity contribution in [1.82, 2.24) is 24.6 Å². The Morgan fingerprint density at radius 1 is 1.16 bits per heavy atom. The van der Waals surface area contributed by atoms with Gasteiger partial charge in [0.2, 0.25) is 5.91 Å². The van der Waals surface area contributed by atoms with Gasteiger partial charge in [-0.05, 0) is 43.2 Å². The van der Waals surface area contributed by atoms with E-state index in [1.54, 1.807) is 6.26 Å². The second-order valence-corrected chi connectivity index (χ2v) is 8.58. The van der Waals surface area contributed by atoms with Crippen LogP contribution in [-0.2, 0) is 17.9 Å². The van der Waals surface area contributed by atoms with Gasteiger partial charge in [-0.1, -0.05) is 23.9 Å². The number of nitriles is 1. The number of furan rings is 1. The zero-order valence-electron chi connectivity index (χ0n) is 18.1. The highest BCUT2D eigenvalue weighted by molar-refractivity contribution is 7.99. The Hall–Kier alpha value is -3.09. The number of hydrogen-bond donors (Lipinski definition) is 0. The molecule has 1 fully saturated rings. The van der Waals surface area contributed by atoms with E-state index in [4.69, 9.17) is 9.68 Å². The van der Waals surface area contributed by atoms with E-state index in [-0.39, 0.29) is 5.91 Å². The molecular weight excluding hydrogens is 424 g/mol. The lowest BCUT2D eigenvalue weighted by Gasteiger charge is -2.22. The molecule has 3 heterocycles. The molecule has 0 atom stereocenters. The minimum Gasteiger partial charge on any atom is -0.461 e. The van der Waals surface area contributed by atoms with Gasteiger partial charge < -0.3 is 9.32 Å². The van der Waals surface area contributed by atoms with E-state index in [1.165, 1.54) is 17.3 Å². The predicted octanol–water partition coefficient (Wildman–Crippen LogP) is 3.26. The van der Waals surface area contributed by atoms with Gasteiger partial charge in [-0.25, -0.2) is 0 Å². The van der Waals surface area contributed by atoms with Gasteiger partial charge in [-0.3, -0.25) is 14.3 Å². The Morgan fingerprint density at radius 2 is 2.00 bits per heavy atom. The first kappa shape index (κ1) is 22.1. The van der Waals surface area contributed by atoms with Crippen LogP contribution < -0.4 is 0 Å². The molecule has 1 saturated heterocycles. The summed E-state index contributed by atoms with van der Waals surface area (Å²) in [6.45, 7) is 6.83. The summed E-state index contributed by atoms with van der Waals surface area (Å²) in [4.78, 5) is 17.2. The van der Waals surface area contributed by atoms with Crippen molar-refractivity contribution in [3.8, 4) is 17.7 Å². The fraction of sp³-hybridized carbons (Fsp3) is 0.391. The molecule has 0 spiro atoms. The summed E-state index contributed by atoms with van der Waals surface area (Å²) in [5.41, 5.74) is 1.86. The van der Waals surface area contributed by atoms with Gasteiger partial charge in [0, 0.05) is 39.3 Å². The second-order valence-electron chi connectivity index (χ2n) is 7.64. The molecule has 4 rings (SSSR count). The van der Waals surface area contributed by atoms with Crippen LogP contribution >= 0.6 is 11.8 Å². The summed E-state index contributed by atoms with van der Waals surface area (Å²) in [5.74, 6) is 1.82. The summed E-state index contributed by atoms with van der Waals surface area (Å²) in [6.07, 6.45) is 2.56. The van der Waals surface area contributed by atoms with Crippen molar-refractivity contribution in [2.45, 2.75) is 31.6 Å². The van der Waals surface area contributed by atoms with Crippen molar-refractivity contribution >= 4 is 17.7 Å². The Kier molecular flexibility index (Phi) is 7.24. The van der Waals surface area contributed by atoms with E-state index in [2.05, 4.69) is 21.2 Å². The molecule has 166 valence electrons. The van der Waals surface area contributed by atoms with Crippen LogP contribution in [0.5, 0.6) is 0 Å². The van der Waals surface area contributed by atoms with Crippen LogP contribution in [0.3, 0.4) is 0 Å². The highest BCUT2D eigenvalue weighted by Crippen LogP contribution is 2.24. The average molecular weight is 451 g/mol. The fourth-order valence-electron chi connectivity index (χ4n) is 3.81. The maximum absolute atomic E-state index is 12.9. The maximum Gasteiger partial charge on any atom is 0.233 e. The van der Waals surface area contributed by atoms with Gasteiger partial charge in [0.05, 0.1) is 23.6 Å². The normalized spacial score (nSPS) is 14.8. The molecular formula is C23H26N6O2S. The molecule has 32 heavy (non-hydrogen) atoms. The fourth-order valence-corrected chi connectivity index (χ4v) is 4.71. The SMILES string of the molecule is CCn1c(SCC(=O)N2CCCN(Cc3ccc(C#N)cc3)CC2)nnc1-c1ccco1. The lowest BCUT2D eigenvalue weighted by molar-refractivity contribution is -0.128. The number of amides is 1. The van der Waals surface area contributed by atoms with Gasteiger partial charge in [0.25, 0.3) is 0 Å². The van der Waals surface area contributed by atoms with Gasteiger partial charge >= 0.3 is 0 Å². The van der Waals surface area contributed by atoms with E-state index in [1.807, 2.05) is 52.8 Å². The summed E-state index contributed by atoms with van der Waals surface area (Å²) in [5, 5.41) is 18.2. The van der Waals surface area contributed by atoms with Crippen LogP contribution in [0, 0.1) is 11.3 Å². The van der Waals surface area contributed by atoms with E-state index >= 15 is 0 Å². The lowest BCUT2D eigenvalue weighted by atomic mass is 10.1. The smallest absolute Gasteiger partial charge is 0.233 e. The number of nitrogens with zero attached hydrogens (tertiary/aromatic N) is 6. The Morgan fingerprint density at radius 3 is 2.72 bits per heavy atom. The quantitative estimate of drug-likeness (QED) is 0.510. The van der Waals surface area contributed by atoms with Crippen LogP contribution in [0.2, 0.25) is 0 Å². The first-order chi connectivity index (χ1) is 15.7. The second kappa shape index (κ2) is 10.5. The van der Waals surface area contributed by atoms with Crippen molar-refractivity contribution in [3.05, 3.63) is 53.8 Å². The van der Waals surface area contributed by atoms with E-state index in [0.29, 0.717) is 36.0 Å². The number of rotatable bonds is 7. The standard InChI is InChI=1S/C23H26N6O2S/c1-2-29-22(20-5-3-14-31-20)25-26-23(29)32-17-21(30)28-11-4-10-27(12-13-28)16-19-8-6-18(15-24)7-9-19/h3,5-9,14H,2,4,10-13,16-17H2,1H3. The molecule has 0 unspecified atom stereocenters. The van der Waals surface area contributed by atoms with Crippen molar-refractivity contribution < 1.29 is 9.21 Å². The topological polar surface area (TPSA) is 91.2 Å². The van der Waals surface area contributed by atoms with Crippen molar-refractivity contribution in [1.29, 1.82) is 5.26 Å².